The van der Waals surface area contributed by atoms with Crippen LogP contribution in [0.25, 0.3) is 11.5 Å². The molecule has 2 heterocycles. The molecule has 1 aromatic heterocycles. The van der Waals surface area contributed by atoms with Crippen LogP contribution in [0.3, 0.4) is 0 Å². The summed E-state index contributed by atoms with van der Waals surface area (Å²) >= 11 is 0. The van der Waals surface area contributed by atoms with Crippen LogP contribution in [0.5, 0.6) is 5.75 Å². The molecule has 0 atom stereocenters. The average molecular weight is 360 g/mol. The smallest absolute Gasteiger partial charge is 0.235 e. The lowest BCUT2D eigenvalue weighted by Crippen LogP contribution is -2.43. The molecule has 6 heteroatoms. The molecular formula is C21H20N4O2. The van der Waals surface area contributed by atoms with E-state index in [-0.39, 0.29) is 0 Å². The summed E-state index contributed by atoms with van der Waals surface area (Å²) < 4.78 is 11.7. The summed E-state index contributed by atoms with van der Waals surface area (Å²) in [6.45, 7) is 3.86. The number of hydrogen-bond donors (Lipinski definition) is 1. The van der Waals surface area contributed by atoms with E-state index in [0.29, 0.717) is 24.1 Å². The SMILES string of the molecule is N#Cc1nc(-c2ccc(OCc3ccccc3)cc2)oc1N1CCNCC1. The molecule has 1 aliphatic heterocycles. The maximum atomic E-state index is 9.40. The molecule has 6 nitrogen and oxygen atoms in total. The highest BCUT2D eigenvalue weighted by Crippen LogP contribution is 2.29. The molecule has 1 saturated heterocycles. The molecule has 0 spiro atoms. The summed E-state index contributed by atoms with van der Waals surface area (Å²) in [4.78, 5) is 6.43. The Balaban J connectivity index is 1.48. The molecule has 0 aliphatic carbocycles. The fourth-order valence-electron chi connectivity index (χ4n) is 3.03. The largest absolute Gasteiger partial charge is 0.489 e. The van der Waals surface area contributed by atoms with Gasteiger partial charge in [-0.1, -0.05) is 30.3 Å². The number of anilines is 1. The molecule has 2 aromatic carbocycles. The first-order valence-corrected chi connectivity index (χ1v) is 8.97. The van der Waals surface area contributed by atoms with Crippen LogP contribution in [0.15, 0.2) is 59.0 Å². The number of benzene rings is 2. The van der Waals surface area contributed by atoms with Crippen LogP contribution < -0.4 is 15.0 Å². The molecule has 0 radical (unpaired) electrons. The lowest BCUT2D eigenvalue weighted by molar-refractivity contribution is 0.306. The number of aromatic nitrogens is 1. The maximum absolute atomic E-state index is 9.40. The molecule has 136 valence electrons. The number of nitrogens with one attached hydrogen (secondary N) is 1. The van der Waals surface area contributed by atoms with E-state index in [4.69, 9.17) is 9.15 Å². The minimum atomic E-state index is 0.330. The van der Waals surface area contributed by atoms with Gasteiger partial charge in [0.1, 0.15) is 18.4 Å². The van der Waals surface area contributed by atoms with Crippen LogP contribution in [0.4, 0.5) is 5.88 Å². The van der Waals surface area contributed by atoms with Gasteiger partial charge in [0.25, 0.3) is 0 Å². The van der Waals surface area contributed by atoms with Gasteiger partial charge in [0, 0.05) is 31.7 Å². The van der Waals surface area contributed by atoms with E-state index in [1.165, 1.54) is 0 Å². The molecule has 1 N–H and O–H groups in total. The number of hydrogen-bond acceptors (Lipinski definition) is 6. The normalized spacial score (nSPS) is 14.0. The lowest BCUT2D eigenvalue weighted by atomic mass is 10.2. The highest BCUT2D eigenvalue weighted by atomic mass is 16.5. The Kier molecular flexibility index (Phi) is 5.04. The third-order valence-corrected chi connectivity index (χ3v) is 4.47. The van der Waals surface area contributed by atoms with Crippen LogP contribution in [0.1, 0.15) is 11.3 Å². The van der Waals surface area contributed by atoms with E-state index >= 15 is 0 Å². The fraction of sp³-hybridized carbons (Fsp3) is 0.238. The predicted molar refractivity (Wildman–Crippen MR) is 103 cm³/mol. The van der Waals surface area contributed by atoms with E-state index in [9.17, 15) is 5.26 Å². The Morgan fingerprint density at radius 1 is 1.07 bits per heavy atom. The zero-order valence-corrected chi connectivity index (χ0v) is 14.9. The summed E-state index contributed by atoms with van der Waals surface area (Å²) in [5, 5.41) is 12.7. The third-order valence-electron chi connectivity index (χ3n) is 4.47. The van der Waals surface area contributed by atoms with E-state index in [2.05, 4.69) is 21.3 Å². The minimum absolute atomic E-state index is 0.330. The average Bonchev–Trinajstić information content (AvgIpc) is 3.18. The predicted octanol–water partition coefficient (Wildman–Crippen LogP) is 3.20. The van der Waals surface area contributed by atoms with Crippen LogP contribution in [-0.2, 0) is 6.61 Å². The van der Waals surface area contributed by atoms with Gasteiger partial charge in [-0.15, -0.1) is 0 Å². The summed E-state index contributed by atoms with van der Waals surface area (Å²) in [5.41, 5.74) is 2.27. The molecular weight excluding hydrogens is 340 g/mol. The molecule has 1 aliphatic rings. The van der Waals surface area contributed by atoms with Gasteiger partial charge >= 0.3 is 0 Å². The summed E-state index contributed by atoms with van der Waals surface area (Å²) in [6.07, 6.45) is 0. The van der Waals surface area contributed by atoms with Crippen molar-refractivity contribution < 1.29 is 9.15 Å². The second-order valence-electron chi connectivity index (χ2n) is 6.32. The first-order chi connectivity index (χ1) is 13.3. The van der Waals surface area contributed by atoms with Crippen LogP contribution in [0, 0.1) is 11.3 Å². The molecule has 1 fully saturated rings. The van der Waals surface area contributed by atoms with Crippen molar-refractivity contribution in [3.8, 4) is 23.3 Å². The number of nitriles is 1. The quantitative estimate of drug-likeness (QED) is 0.753. The van der Waals surface area contributed by atoms with Crippen LogP contribution in [0.2, 0.25) is 0 Å². The van der Waals surface area contributed by atoms with Crippen molar-refractivity contribution in [2.24, 2.45) is 0 Å². The van der Waals surface area contributed by atoms with Crippen molar-refractivity contribution in [1.29, 1.82) is 5.26 Å². The highest BCUT2D eigenvalue weighted by molar-refractivity contribution is 5.60. The Labute approximate surface area is 158 Å². The first-order valence-electron chi connectivity index (χ1n) is 8.97. The monoisotopic (exact) mass is 360 g/mol. The zero-order chi connectivity index (χ0) is 18.5. The van der Waals surface area contributed by atoms with Gasteiger partial charge in [0.05, 0.1) is 0 Å². The van der Waals surface area contributed by atoms with Crippen LogP contribution in [-0.4, -0.2) is 31.2 Å². The molecule has 0 saturated carbocycles. The van der Waals surface area contributed by atoms with Gasteiger partial charge in [-0.2, -0.15) is 10.2 Å². The molecule has 0 amide bonds. The standard InChI is InChI=1S/C21H20N4O2/c22-14-19-21(25-12-10-23-11-13-25)27-20(24-19)17-6-8-18(9-7-17)26-15-16-4-2-1-3-5-16/h1-9,23H,10-13,15H2. The van der Waals surface area contributed by atoms with Gasteiger partial charge in [-0.05, 0) is 29.8 Å². The van der Waals surface area contributed by atoms with Gasteiger partial charge in [-0.25, -0.2) is 0 Å². The number of ether oxygens (including phenoxy) is 1. The first kappa shape index (κ1) is 17.1. The van der Waals surface area contributed by atoms with E-state index in [0.717, 1.165) is 43.1 Å². The van der Waals surface area contributed by atoms with Crippen molar-refractivity contribution in [2.45, 2.75) is 6.61 Å². The third kappa shape index (κ3) is 3.94. The summed E-state index contributed by atoms with van der Waals surface area (Å²) in [6, 6.07) is 19.7. The topological polar surface area (TPSA) is 74.3 Å². The highest BCUT2D eigenvalue weighted by Gasteiger charge is 2.21. The number of oxazole rings is 1. The Morgan fingerprint density at radius 3 is 2.52 bits per heavy atom. The van der Waals surface area contributed by atoms with Crippen molar-refractivity contribution in [3.63, 3.8) is 0 Å². The van der Waals surface area contributed by atoms with Crippen molar-refractivity contribution in [2.75, 3.05) is 31.1 Å². The van der Waals surface area contributed by atoms with Gasteiger partial charge < -0.3 is 19.4 Å². The second kappa shape index (κ2) is 7.94. The lowest BCUT2D eigenvalue weighted by Gasteiger charge is -2.26. The fourth-order valence-corrected chi connectivity index (χ4v) is 3.03. The number of nitrogens with zero attached hydrogens (tertiary/aromatic N) is 3. The number of rotatable bonds is 5. The summed E-state index contributed by atoms with van der Waals surface area (Å²) in [7, 11) is 0. The molecule has 27 heavy (non-hydrogen) atoms. The van der Waals surface area contributed by atoms with Crippen molar-refractivity contribution in [3.05, 3.63) is 65.9 Å². The van der Waals surface area contributed by atoms with E-state index < -0.39 is 0 Å². The number of piperazine rings is 1. The van der Waals surface area contributed by atoms with Gasteiger partial charge in [0.2, 0.25) is 17.5 Å². The zero-order valence-electron chi connectivity index (χ0n) is 14.9. The molecule has 4 rings (SSSR count). The molecule has 0 unspecified atom stereocenters. The van der Waals surface area contributed by atoms with Crippen molar-refractivity contribution in [1.82, 2.24) is 10.3 Å². The Bertz CT molecular complexity index is 923. The Morgan fingerprint density at radius 2 is 1.81 bits per heavy atom. The molecule has 0 bridgehead atoms. The van der Waals surface area contributed by atoms with Gasteiger partial charge in [-0.3, -0.25) is 0 Å². The molecule has 3 aromatic rings. The maximum Gasteiger partial charge on any atom is 0.235 e. The van der Waals surface area contributed by atoms with Gasteiger partial charge in [0.15, 0.2) is 0 Å². The van der Waals surface area contributed by atoms with E-state index in [1.807, 2.05) is 54.6 Å². The minimum Gasteiger partial charge on any atom is -0.489 e. The second-order valence-corrected chi connectivity index (χ2v) is 6.32. The van der Waals surface area contributed by atoms with E-state index in [1.54, 1.807) is 0 Å². The Hall–Kier alpha value is -3.30. The van der Waals surface area contributed by atoms with Crippen molar-refractivity contribution >= 4 is 5.88 Å². The summed E-state index contributed by atoms with van der Waals surface area (Å²) in [5.74, 6) is 1.78. The van der Waals surface area contributed by atoms with Crippen LogP contribution >= 0.6 is 0 Å².